The molecule has 3 N–H and O–H groups in total. The molecule has 1 saturated carbocycles. The Hall–Kier alpha value is -4.79. The fourth-order valence-corrected chi connectivity index (χ4v) is 8.89. The molecule has 14 nitrogen and oxygen atoms in total. The molecule has 2 aliphatic carbocycles. The summed E-state index contributed by atoms with van der Waals surface area (Å²) in [5.41, 5.74) is 3.18. The van der Waals surface area contributed by atoms with Gasteiger partial charge in [-0.15, -0.1) is 6.58 Å². The van der Waals surface area contributed by atoms with E-state index in [9.17, 15) is 19.8 Å². The van der Waals surface area contributed by atoms with Crippen LogP contribution in [0.5, 0.6) is 23.0 Å². The van der Waals surface area contributed by atoms with Crippen LogP contribution < -0.4 is 24.3 Å². The molecule has 310 valence electrons. The standard InChI is InChI=1S/C43H57N3O11/c1-5-21-54-43-38(46(42(50)51-7-3)26-28-15-17-36-37(22-28)53-27-52-36)25-34(45-55-8-4)32-23-29(13-9-11-19-47)31(14-10-12-20-48)39(40(32)43)33-24-30(16-18-35(33)57-43)56-41(49)44-6-2/h5,15-18,22-24,29,31,38-40,47-48H,1,6-14,19-21,25-27H2,2-4H3,(H,44,49)/t29-,31+,38-,39+,40+,43+/m0/s1. The van der Waals surface area contributed by atoms with Gasteiger partial charge < -0.3 is 48.8 Å². The molecule has 0 unspecified atom stereocenters. The van der Waals surface area contributed by atoms with Crippen LogP contribution in [0.3, 0.4) is 0 Å². The average Bonchev–Trinajstić information content (AvgIpc) is 3.68. The van der Waals surface area contributed by atoms with E-state index in [4.69, 9.17) is 38.4 Å². The Morgan fingerprint density at radius 3 is 2.51 bits per heavy atom. The number of nitrogens with one attached hydrogen (secondary N) is 1. The Balaban J connectivity index is 1.58. The summed E-state index contributed by atoms with van der Waals surface area (Å²) in [6.45, 7) is 10.8. The zero-order valence-corrected chi connectivity index (χ0v) is 33.3. The van der Waals surface area contributed by atoms with Gasteiger partial charge in [-0.3, -0.25) is 4.90 Å². The summed E-state index contributed by atoms with van der Waals surface area (Å²) in [6.07, 6.45) is 7.43. The highest BCUT2D eigenvalue weighted by atomic mass is 16.7. The third kappa shape index (κ3) is 9.03. The maximum Gasteiger partial charge on any atom is 0.412 e. The van der Waals surface area contributed by atoms with E-state index >= 15 is 0 Å². The number of nitrogens with zero attached hydrogens (tertiary/aromatic N) is 2. The van der Waals surface area contributed by atoms with E-state index in [1.165, 1.54) is 0 Å². The number of hydrogen-bond donors (Lipinski definition) is 3. The van der Waals surface area contributed by atoms with Gasteiger partial charge in [0.15, 0.2) is 11.5 Å². The number of aliphatic hydroxyl groups excluding tert-OH is 2. The van der Waals surface area contributed by atoms with Crippen molar-refractivity contribution in [1.29, 1.82) is 0 Å². The molecular weight excluding hydrogens is 734 g/mol. The number of ether oxygens (including phenoxy) is 6. The predicted octanol–water partition coefficient (Wildman–Crippen LogP) is 6.84. The third-order valence-electron chi connectivity index (χ3n) is 11.1. The van der Waals surface area contributed by atoms with Gasteiger partial charge >= 0.3 is 12.2 Å². The molecule has 14 heteroatoms. The Bertz CT molecular complexity index is 1780. The van der Waals surface area contributed by atoms with Crippen molar-refractivity contribution >= 4 is 17.9 Å². The fraction of sp³-hybridized carbons (Fsp3) is 0.558. The summed E-state index contributed by atoms with van der Waals surface area (Å²) >= 11 is 0. The van der Waals surface area contributed by atoms with Gasteiger partial charge in [-0.1, -0.05) is 36.2 Å². The van der Waals surface area contributed by atoms with Crippen LogP contribution >= 0.6 is 0 Å². The maximum absolute atomic E-state index is 14.4. The lowest BCUT2D eigenvalue weighted by Gasteiger charge is -2.59. The van der Waals surface area contributed by atoms with Gasteiger partial charge in [0.1, 0.15) is 24.1 Å². The van der Waals surface area contributed by atoms with Crippen molar-refractivity contribution < 1.29 is 53.1 Å². The van der Waals surface area contributed by atoms with Crippen LogP contribution in [0, 0.1) is 17.8 Å². The van der Waals surface area contributed by atoms with Crippen LogP contribution in [-0.2, 0) is 20.9 Å². The maximum atomic E-state index is 14.4. The first kappa shape index (κ1) is 41.8. The van der Waals surface area contributed by atoms with E-state index in [0.717, 1.165) is 42.4 Å². The molecule has 2 amide bonds. The number of aliphatic hydroxyl groups is 2. The summed E-state index contributed by atoms with van der Waals surface area (Å²) in [5.74, 6) is -0.179. The van der Waals surface area contributed by atoms with E-state index in [0.29, 0.717) is 54.7 Å². The number of rotatable bonds is 19. The normalized spacial score (nSPS) is 24.7. The minimum atomic E-state index is -1.49. The number of hydrogen-bond acceptors (Lipinski definition) is 12. The lowest BCUT2D eigenvalue weighted by atomic mass is 9.55. The van der Waals surface area contributed by atoms with Gasteiger partial charge in [0.25, 0.3) is 0 Å². The summed E-state index contributed by atoms with van der Waals surface area (Å²) in [4.78, 5) is 34.5. The van der Waals surface area contributed by atoms with Crippen molar-refractivity contribution in [3.63, 3.8) is 0 Å². The van der Waals surface area contributed by atoms with Crippen LogP contribution in [0.1, 0.15) is 82.8 Å². The summed E-state index contributed by atoms with van der Waals surface area (Å²) in [7, 11) is 0. The van der Waals surface area contributed by atoms with Crippen molar-refractivity contribution in [1.82, 2.24) is 10.2 Å². The average molecular weight is 792 g/mol. The van der Waals surface area contributed by atoms with E-state index in [-0.39, 0.29) is 63.9 Å². The molecule has 2 aliphatic heterocycles. The first-order valence-corrected chi connectivity index (χ1v) is 20.3. The second-order valence-corrected chi connectivity index (χ2v) is 14.6. The van der Waals surface area contributed by atoms with Crippen molar-refractivity contribution in [2.75, 3.05) is 46.4 Å². The van der Waals surface area contributed by atoms with Crippen molar-refractivity contribution in [2.45, 2.75) is 90.0 Å². The lowest BCUT2D eigenvalue weighted by Crippen LogP contribution is -2.70. The number of fused-ring (bicyclic) bond motifs is 3. The van der Waals surface area contributed by atoms with Gasteiger partial charge in [0.05, 0.1) is 24.8 Å². The topological polar surface area (TPSA) is 167 Å². The fourth-order valence-electron chi connectivity index (χ4n) is 8.89. The van der Waals surface area contributed by atoms with Crippen LogP contribution in [-0.4, -0.2) is 91.2 Å². The summed E-state index contributed by atoms with van der Waals surface area (Å²) in [5, 5.41) is 27.1. The summed E-state index contributed by atoms with van der Waals surface area (Å²) < 4.78 is 37.0. The highest BCUT2D eigenvalue weighted by Crippen LogP contribution is 2.62. The van der Waals surface area contributed by atoms with Gasteiger partial charge in [-0.05, 0) is 99.8 Å². The molecule has 2 aromatic rings. The van der Waals surface area contributed by atoms with E-state index in [1.807, 2.05) is 38.1 Å². The second kappa shape index (κ2) is 19.6. The first-order chi connectivity index (χ1) is 27.8. The van der Waals surface area contributed by atoms with Crippen LogP contribution in [0.15, 0.2) is 65.9 Å². The highest BCUT2D eigenvalue weighted by Gasteiger charge is 2.65. The number of unbranched alkanes of at least 4 members (excludes halogenated alkanes) is 2. The molecule has 0 saturated heterocycles. The Morgan fingerprint density at radius 2 is 1.77 bits per heavy atom. The second-order valence-electron chi connectivity index (χ2n) is 14.6. The highest BCUT2D eigenvalue weighted by molar-refractivity contribution is 6.03. The number of carbonyl (C=O) groups excluding carboxylic acids is 2. The van der Waals surface area contributed by atoms with E-state index in [2.05, 4.69) is 18.0 Å². The monoisotopic (exact) mass is 791 g/mol. The van der Waals surface area contributed by atoms with Gasteiger partial charge in [0.2, 0.25) is 12.6 Å². The zero-order valence-electron chi connectivity index (χ0n) is 33.3. The molecule has 2 aromatic carbocycles. The number of benzene rings is 2. The molecular formula is C43H57N3O11. The smallest absolute Gasteiger partial charge is 0.412 e. The first-order valence-electron chi connectivity index (χ1n) is 20.3. The molecule has 57 heavy (non-hydrogen) atoms. The molecule has 6 rings (SSSR count). The molecule has 4 aliphatic rings. The predicted molar refractivity (Wildman–Crippen MR) is 211 cm³/mol. The largest absolute Gasteiger partial charge is 0.459 e. The Morgan fingerprint density at radius 1 is 1.00 bits per heavy atom. The Kier molecular flexibility index (Phi) is 14.4. The minimum absolute atomic E-state index is 0.00457. The van der Waals surface area contributed by atoms with Crippen molar-refractivity contribution in [2.24, 2.45) is 22.9 Å². The molecule has 2 heterocycles. The van der Waals surface area contributed by atoms with Crippen LogP contribution in [0.2, 0.25) is 0 Å². The number of oxime groups is 1. The lowest BCUT2D eigenvalue weighted by molar-refractivity contribution is -0.256. The van der Waals surface area contributed by atoms with Crippen LogP contribution in [0.4, 0.5) is 9.59 Å². The Labute approximate surface area is 334 Å². The molecule has 0 radical (unpaired) electrons. The summed E-state index contributed by atoms with van der Waals surface area (Å²) in [6, 6.07) is 10.2. The zero-order chi connectivity index (χ0) is 40.4. The molecule has 6 atom stereocenters. The third-order valence-corrected chi connectivity index (χ3v) is 11.1. The van der Waals surface area contributed by atoms with Crippen molar-refractivity contribution in [3.8, 4) is 23.0 Å². The molecule has 1 fully saturated rings. The quantitative estimate of drug-likeness (QED) is 0.0775. The van der Waals surface area contributed by atoms with Gasteiger partial charge in [-0.25, -0.2) is 9.59 Å². The molecule has 0 aromatic heterocycles. The van der Waals surface area contributed by atoms with Crippen LogP contribution in [0.25, 0.3) is 0 Å². The minimum Gasteiger partial charge on any atom is -0.459 e. The van der Waals surface area contributed by atoms with Gasteiger partial charge in [-0.2, -0.15) is 0 Å². The SMILES string of the molecule is C=CCO[C@@]12Oc3ccc(OC(=O)NCC)cc3[C@H]3[C@H](CCCCO)[C@@H](CCCCO)C=C(C(=NOCC)C[C@@H]1N(Cc1ccc4c(c1)OCO4)C(=O)OCC)[C@H]32. The van der Waals surface area contributed by atoms with E-state index in [1.54, 1.807) is 30.0 Å². The number of allylic oxidation sites excluding steroid dienone is 1. The molecule has 0 spiro atoms. The van der Waals surface area contributed by atoms with E-state index < -0.39 is 29.9 Å². The van der Waals surface area contributed by atoms with Crippen molar-refractivity contribution in [3.05, 3.63) is 71.8 Å². The van der Waals surface area contributed by atoms with Gasteiger partial charge in [0, 0.05) is 44.2 Å². The molecule has 0 bridgehead atoms. The number of amides is 2. The number of carbonyl (C=O) groups is 2.